The van der Waals surface area contributed by atoms with Crippen LogP contribution in [0.15, 0.2) is 10.2 Å². The fourth-order valence-electron chi connectivity index (χ4n) is 2.79. The largest absolute Gasteiger partial charge is 0.334 e. The lowest BCUT2D eigenvalue weighted by molar-refractivity contribution is -0.245. The summed E-state index contributed by atoms with van der Waals surface area (Å²) in [6, 6.07) is 0. The van der Waals surface area contributed by atoms with Crippen molar-refractivity contribution in [3.63, 3.8) is 0 Å². The van der Waals surface area contributed by atoms with Crippen LogP contribution < -0.4 is 0 Å². The topological polar surface area (TPSA) is 43.2 Å². The molecule has 0 bridgehead atoms. The van der Waals surface area contributed by atoms with Crippen LogP contribution in [0.2, 0.25) is 0 Å². The van der Waals surface area contributed by atoms with E-state index in [-0.39, 0.29) is 0 Å². The third-order valence-electron chi connectivity index (χ3n) is 4.16. The standard InChI is InChI=1S/C13H24N2O2/c1-11(2,3)10-6-8-13(9-7-10)15-14-12(4,16-5)17-13/h10H,6-9H2,1-5H3. The van der Waals surface area contributed by atoms with Gasteiger partial charge in [-0.05, 0) is 37.0 Å². The number of nitrogens with zero attached hydrogens (tertiary/aromatic N) is 2. The molecule has 1 fully saturated rings. The van der Waals surface area contributed by atoms with Crippen molar-refractivity contribution in [1.82, 2.24) is 0 Å². The lowest BCUT2D eigenvalue weighted by Gasteiger charge is -2.40. The van der Waals surface area contributed by atoms with Crippen LogP contribution >= 0.6 is 0 Å². The Morgan fingerprint density at radius 1 is 1.18 bits per heavy atom. The lowest BCUT2D eigenvalue weighted by Crippen LogP contribution is -2.40. The molecular formula is C13H24N2O2. The Bertz CT molecular complexity index is 314. The molecule has 2 aliphatic rings. The average Bonchev–Trinajstić information content (AvgIpc) is 2.57. The molecule has 1 heterocycles. The minimum absolute atomic E-state index is 0.377. The fraction of sp³-hybridized carbons (Fsp3) is 1.00. The molecule has 1 atom stereocenters. The summed E-state index contributed by atoms with van der Waals surface area (Å²) in [7, 11) is 1.61. The smallest absolute Gasteiger partial charge is 0.286 e. The van der Waals surface area contributed by atoms with E-state index in [0.29, 0.717) is 5.41 Å². The first-order valence-electron chi connectivity index (χ1n) is 6.48. The lowest BCUT2D eigenvalue weighted by atomic mass is 9.70. The van der Waals surface area contributed by atoms with E-state index in [1.54, 1.807) is 7.11 Å². The molecule has 1 aliphatic carbocycles. The third-order valence-corrected chi connectivity index (χ3v) is 4.16. The highest BCUT2D eigenvalue weighted by Gasteiger charge is 2.48. The molecule has 4 heteroatoms. The monoisotopic (exact) mass is 240 g/mol. The van der Waals surface area contributed by atoms with Gasteiger partial charge in [0.25, 0.3) is 5.91 Å². The van der Waals surface area contributed by atoms with Gasteiger partial charge < -0.3 is 9.47 Å². The molecule has 1 spiro atoms. The van der Waals surface area contributed by atoms with Gasteiger partial charge in [0.05, 0.1) is 0 Å². The van der Waals surface area contributed by atoms with Crippen LogP contribution in [0.25, 0.3) is 0 Å². The highest BCUT2D eigenvalue weighted by atomic mass is 16.7. The molecule has 2 rings (SSSR count). The number of hydrogen-bond acceptors (Lipinski definition) is 4. The maximum Gasteiger partial charge on any atom is 0.286 e. The number of ether oxygens (including phenoxy) is 2. The Labute approximate surface area is 104 Å². The summed E-state index contributed by atoms with van der Waals surface area (Å²) in [5.41, 5.74) is -0.0333. The maximum atomic E-state index is 5.93. The molecule has 0 saturated heterocycles. The molecule has 0 aromatic carbocycles. The molecule has 4 nitrogen and oxygen atoms in total. The summed E-state index contributed by atoms with van der Waals surface area (Å²) in [6.45, 7) is 8.75. The van der Waals surface area contributed by atoms with Gasteiger partial charge in [0.2, 0.25) is 0 Å². The van der Waals surface area contributed by atoms with Gasteiger partial charge in [-0.15, -0.1) is 5.11 Å². The van der Waals surface area contributed by atoms with Gasteiger partial charge in [0, 0.05) is 14.0 Å². The van der Waals surface area contributed by atoms with Crippen molar-refractivity contribution in [1.29, 1.82) is 0 Å². The Hall–Kier alpha value is -0.480. The van der Waals surface area contributed by atoms with Crippen molar-refractivity contribution >= 4 is 0 Å². The number of rotatable bonds is 1. The number of hydrogen-bond donors (Lipinski definition) is 0. The SMILES string of the molecule is COC1(C)N=NC2(CCC(C(C)(C)C)CC2)O1. The average molecular weight is 240 g/mol. The van der Waals surface area contributed by atoms with E-state index in [4.69, 9.17) is 9.47 Å². The first-order chi connectivity index (χ1) is 7.79. The predicted molar refractivity (Wildman–Crippen MR) is 65.5 cm³/mol. The van der Waals surface area contributed by atoms with Crippen molar-refractivity contribution in [2.45, 2.75) is 65.0 Å². The second-order valence-corrected chi connectivity index (χ2v) is 6.49. The number of azo groups is 1. The van der Waals surface area contributed by atoms with Crippen LogP contribution in [-0.2, 0) is 9.47 Å². The van der Waals surface area contributed by atoms with Gasteiger partial charge >= 0.3 is 0 Å². The Balaban J connectivity index is 1.99. The summed E-state index contributed by atoms with van der Waals surface area (Å²) in [5, 5.41) is 8.48. The van der Waals surface area contributed by atoms with Gasteiger partial charge in [-0.2, -0.15) is 5.11 Å². The highest BCUT2D eigenvalue weighted by Crippen LogP contribution is 2.47. The molecule has 1 aliphatic heterocycles. The first kappa shape index (κ1) is 13.0. The molecule has 0 aromatic heterocycles. The highest BCUT2D eigenvalue weighted by molar-refractivity contribution is 4.92. The van der Waals surface area contributed by atoms with Crippen LogP contribution in [0.4, 0.5) is 0 Å². The summed E-state index contributed by atoms with van der Waals surface area (Å²) in [5.74, 6) is -0.115. The molecule has 17 heavy (non-hydrogen) atoms. The van der Waals surface area contributed by atoms with E-state index < -0.39 is 11.6 Å². The molecular weight excluding hydrogens is 216 g/mol. The predicted octanol–water partition coefficient (Wildman–Crippen LogP) is 3.72. The van der Waals surface area contributed by atoms with E-state index in [1.165, 1.54) is 0 Å². The second-order valence-electron chi connectivity index (χ2n) is 6.49. The van der Waals surface area contributed by atoms with Crippen LogP contribution in [0, 0.1) is 11.3 Å². The summed E-state index contributed by atoms with van der Waals surface area (Å²) in [4.78, 5) is 0. The molecule has 98 valence electrons. The Kier molecular flexibility index (Phi) is 3.07. The third kappa shape index (κ3) is 2.52. The van der Waals surface area contributed by atoms with E-state index >= 15 is 0 Å². The van der Waals surface area contributed by atoms with Crippen molar-refractivity contribution in [3.8, 4) is 0 Å². The summed E-state index contributed by atoms with van der Waals surface area (Å²) in [6.07, 6.45) is 4.22. The van der Waals surface area contributed by atoms with Crippen molar-refractivity contribution in [3.05, 3.63) is 0 Å². The Morgan fingerprint density at radius 3 is 2.18 bits per heavy atom. The van der Waals surface area contributed by atoms with E-state index in [2.05, 4.69) is 31.0 Å². The van der Waals surface area contributed by atoms with Crippen molar-refractivity contribution in [2.75, 3.05) is 7.11 Å². The fourth-order valence-corrected chi connectivity index (χ4v) is 2.79. The zero-order chi connectivity index (χ0) is 12.7. The maximum absolute atomic E-state index is 5.93. The second kappa shape index (κ2) is 4.02. The summed E-state index contributed by atoms with van der Waals surface area (Å²) < 4.78 is 11.2. The molecule has 0 amide bonds. The van der Waals surface area contributed by atoms with Gasteiger partial charge in [0.1, 0.15) is 0 Å². The molecule has 0 radical (unpaired) electrons. The first-order valence-corrected chi connectivity index (χ1v) is 6.48. The minimum Gasteiger partial charge on any atom is -0.334 e. The van der Waals surface area contributed by atoms with E-state index in [1.807, 2.05) is 6.92 Å². The van der Waals surface area contributed by atoms with Crippen LogP contribution in [0.1, 0.15) is 53.4 Å². The minimum atomic E-state index is -0.866. The van der Waals surface area contributed by atoms with Crippen molar-refractivity contribution < 1.29 is 9.47 Å². The van der Waals surface area contributed by atoms with Gasteiger partial charge in [-0.25, -0.2) is 0 Å². The van der Waals surface area contributed by atoms with Crippen LogP contribution in [-0.4, -0.2) is 18.7 Å². The van der Waals surface area contributed by atoms with E-state index in [0.717, 1.165) is 31.6 Å². The zero-order valence-electron chi connectivity index (χ0n) is 11.6. The van der Waals surface area contributed by atoms with Gasteiger partial charge in [-0.3, -0.25) is 0 Å². The quantitative estimate of drug-likeness (QED) is 0.701. The van der Waals surface area contributed by atoms with Gasteiger partial charge in [-0.1, -0.05) is 20.8 Å². The van der Waals surface area contributed by atoms with Crippen molar-refractivity contribution in [2.24, 2.45) is 21.6 Å². The molecule has 1 unspecified atom stereocenters. The van der Waals surface area contributed by atoms with Crippen LogP contribution in [0.3, 0.4) is 0 Å². The molecule has 0 aromatic rings. The molecule has 0 N–H and O–H groups in total. The molecule has 1 saturated carbocycles. The Morgan fingerprint density at radius 2 is 1.76 bits per heavy atom. The zero-order valence-corrected chi connectivity index (χ0v) is 11.6. The summed E-state index contributed by atoms with van der Waals surface area (Å²) >= 11 is 0. The normalized spacial score (nSPS) is 42.3. The number of methoxy groups -OCH3 is 1. The van der Waals surface area contributed by atoms with Gasteiger partial charge in [0.15, 0.2) is 5.72 Å². The van der Waals surface area contributed by atoms with E-state index in [9.17, 15) is 0 Å². The van der Waals surface area contributed by atoms with Crippen LogP contribution in [0.5, 0.6) is 0 Å².